The van der Waals surface area contributed by atoms with Crippen LogP contribution < -0.4 is 0 Å². The first kappa shape index (κ1) is 88.8. The first-order valence-electron chi connectivity index (χ1n) is 31.3. The molecule has 1 aliphatic heterocycles. The van der Waals surface area contributed by atoms with Gasteiger partial charge < -0.3 is 25.5 Å². The van der Waals surface area contributed by atoms with Crippen molar-refractivity contribution < 1.29 is 25.5 Å². The molecule has 5 unspecified atom stereocenters. The average molecular weight is 1370 g/mol. The zero-order valence-electron chi connectivity index (χ0n) is 59.0. The smallest absolute Gasteiger partial charge is 0.128 e. The Balaban J connectivity index is 3.46. The van der Waals surface area contributed by atoms with E-state index in [1.807, 2.05) is 9.80 Å². The Labute approximate surface area is 636 Å². The summed E-state index contributed by atoms with van der Waals surface area (Å²) in [6.45, 7) is 14.8. The fourth-order valence-corrected chi connectivity index (χ4v) is 6.91. The van der Waals surface area contributed by atoms with Gasteiger partial charge in [0.15, 0.2) is 0 Å². The maximum Gasteiger partial charge on any atom is 0.128 e. The lowest BCUT2D eigenvalue weighted by Gasteiger charge is -2.37. The molecule has 5 atom stereocenters. The van der Waals surface area contributed by atoms with Crippen molar-refractivity contribution in [3.05, 3.63) is 0 Å². The van der Waals surface area contributed by atoms with Crippen LogP contribution in [0.25, 0.3) is 0 Å². The van der Waals surface area contributed by atoms with E-state index in [-0.39, 0.29) is 32.7 Å². The Bertz CT molecular complexity index is 5660. The maximum atomic E-state index is 11.3. The minimum Gasteiger partial charge on any atom is -0.392 e. The zero-order valence-corrected chi connectivity index (χ0v) is 59.0. The van der Waals surface area contributed by atoms with E-state index in [0.717, 1.165) is 26.2 Å². The number of rotatable bonds is 19. The molecule has 0 saturated carbocycles. The molecule has 0 aromatic carbocycles. The number of piperazine rings is 1. The Kier molecular flexibility index (Phi) is 57.8. The fraction of sp³-hybridized carbons (Fsp3) is 0.258. The number of nitrogens with zero attached hydrogens (tertiary/aromatic N) is 5. The number of hydrogen-bond donors (Lipinski definition) is 5. The molecule has 1 saturated heterocycles. The van der Waals surface area contributed by atoms with Crippen molar-refractivity contribution in [1.82, 2.24) is 24.5 Å². The molecular formula is C97H55N5O5. The van der Waals surface area contributed by atoms with Crippen LogP contribution in [0.4, 0.5) is 0 Å². The summed E-state index contributed by atoms with van der Waals surface area (Å²) in [4.78, 5) is 10.4. The second-order valence-electron chi connectivity index (χ2n) is 19.0. The van der Waals surface area contributed by atoms with E-state index in [9.17, 15) is 25.5 Å². The van der Waals surface area contributed by atoms with Crippen LogP contribution in [0.15, 0.2) is 0 Å². The van der Waals surface area contributed by atoms with Gasteiger partial charge in [-0.2, -0.15) is 0 Å². The van der Waals surface area contributed by atoms with Crippen LogP contribution in [-0.4, -0.2) is 179 Å². The molecule has 0 amide bonds. The van der Waals surface area contributed by atoms with Gasteiger partial charge in [-0.1, -0.05) is 47.4 Å². The van der Waals surface area contributed by atoms with Crippen molar-refractivity contribution >= 4 is 0 Å². The lowest BCUT2D eigenvalue weighted by Crippen LogP contribution is -2.51. The van der Waals surface area contributed by atoms with E-state index in [1.165, 1.54) is 0 Å². The number of aliphatic hydroxyl groups is 5. The highest BCUT2D eigenvalue weighted by atomic mass is 16.3. The predicted octanol–water partition coefficient (Wildman–Crippen LogP) is -1.46. The third kappa shape index (κ3) is 63.0. The third-order valence-electron chi connectivity index (χ3n) is 11.1. The standard InChI is InChI=1S/C97H55N5O5/c1-6-10-14-18-22-26-30-34-38-42-46-50-54-58-62-66-70-74-94(104)89-100(84-82-98-78-80-99(81-79-98)83-86-101(88-93(5)103)90-95(105)75-71-67-63-59-55-51-47-43-39-35-31-27-23-19-15-11-7-2)85-87-102(91-96(106)76-72-68-64-60-56-52-48-44-40-36-32-28-24-20-16-12-8-3)92-97(107)77-73-69-65-61-57-53-49-45-41-37-33-29-25-21-17-13-9-4/h93-97,103-107H,78-92H2,1-5H3. The number of hydrogen-bond acceptors (Lipinski definition) is 10. The van der Waals surface area contributed by atoms with Crippen LogP contribution in [0, 0.1) is 426 Å². The van der Waals surface area contributed by atoms with Gasteiger partial charge in [0, 0.05) is 98.2 Å². The SMILES string of the molecule is CC#CC#CC#CC#CC#CC#CC#CC#CC#CC(O)CN(CCN1CCN(CCN(CC(C)O)CC(O)C#CC#CC#CC#CC#CC#CC#CC#CC#CC)CC1)CCN(CC(O)C#CC#CC#CC#CC#CC#CC#CC#CC#CC)CC(O)C#CC#CC#CC#CC#CC#CC#CC#CC#CC. The molecule has 107 heavy (non-hydrogen) atoms. The van der Waals surface area contributed by atoms with Crippen molar-refractivity contribution in [2.24, 2.45) is 0 Å². The first-order chi connectivity index (χ1) is 52.6. The second kappa shape index (κ2) is 69.7. The summed E-state index contributed by atoms with van der Waals surface area (Å²) in [7, 11) is 0. The van der Waals surface area contributed by atoms with Crippen molar-refractivity contribution in [3.8, 4) is 426 Å². The van der Waals surface area contributed by atoms with Crippen LogP contribution in [0.1, 0.15) is 34.6 Å². The van der Waals surface area contributed by atoms with E-state index < -0.39 is 30.5 Å². The molecule has 0 aromatic heterocycles. The fourth-order valence-electron chi connectivity index (χ4n) is 6.91. The van der Waals surface area contributed by atoms with Gasteiger partial charge in [0.1, 0.15) is 24.4 Å². The molecular weight excluding hydrogens is 1320 g/mol. The molecule has 1 fully saturated rings. The summed E-state index contributed by atoms with van der Waals surface area (Å²) in [5.74, 6) is 185. The monoisotopic (exact) mass is 1370 g/mol. The van der Waals surface area contributed by atoms with Gasteiger partial charge in [-0.3, -0.25) is 24.5 Å². The highest BCUT2D eigenvalue weighted by Gasteiger charge is 2.22. The topological polar surface area (TPSA) is 117 Å². The largest absolute Gasteiger partial charge is 0.392 e. The quantitative estimate of drug-likeness (QED) is 0.0985. The molecule has 0 radical (unpaired) electrons. The molecule has 0 bridgehead atoms. The van der Waals surface area contributed by atoms with Crippen LogP contribution in [0.3, 0.4) is 0 Å². The Morgan fingerprint density at radius 3 is 0.542 bits per heavy atom. The normalized spacial score (nSPS) is 9.39. The summed E-state index contributed by atoms with van der Waals surface area (Å²) in [6, 6.07) is 0. The maximum absolute atomic E-state index is 11.3. The molecule has 498 valence electrons. The minimum absolute atomic E-state index is 0.0377. The van der Waals surface area contributed by atoms with Gasteiger partial charge in [-0.15, -0.1) is 0 Å². The predicted molar refractivity (Wildman–Crippen MR) is 421 cm³/mol. The molecule has 1 aliphatic rings. The van der Waals surface area contributed by atoms with Crippen LogP contribution >= 0.6 is 0 Å². The van der Waals surface area contributed by atoms with Gasteiger partial charge in [-0.05, 0) is 414 Å². The van der Waals surface area contributed by atoms with Gasteiger partial charge in [0.25, 0.3) is 0 Å². The van der Waals surface area contributed by atoms with Crippen molar-refractivity contribution in [3.63, 3.8) is 0 Å². The highest BCUT2D eigenvalue weighted by Crippen LogP contribution is 2.06. The summed E-state index contributed by atoms with van der Waals surface area (Å²) >= 11 is 0. The molecule has 5 N–H and O–H groups in total. The Morgan fingerprint density at radius 1 is 0.206 bits per heavy atom. The molecule has 1 rings (SSSR count). The summed E-state index contributed by atoms with van der Waals surface area (Å²) in [6.07, 6.45) is -5.30. The third-order valence-corrected chi connectivity index (χ3v) is 11.1. The van der Waals surface area contributed by atoms with Gasteiger partial charge >= 0.3 is 0 Å². The van der Waals surface area contributed by atoms with Crippen molar-refractivity contribution in [2.75, 3.05) is 98.2 Å². The van der Waals surface area contributed by atoms with Crippen LogP contribution in [0.5, 0.6) is 0 Å². The molecule has 0 aromatic rings. The highest BCUT2D eigenvalue weighted by molar-refractivity contribution is 5.52. The van der Waals surface area contributed by atoms with Crippen molar-refractivity contribution in [2.45, 2.75) is 65.1 Å². The van der Waals surface area contributed by atoms with Gasteiger partial charge in [0.2, 0.25) is 0 Å². The van der Waals surface area contributed by atoms with E-state index >= 15 is 0 Å². The summed E-state index contributed by atoms with van der Waals surface area (Å²) < 4.78 is 0. The zero-order chi connectivity index (χ0) is 77.3. The average Bonchev–Trinajstić information content (AvgIpc) is 0.900. The second-order valence-corrected chi connectivity index (χ2v) is 19.0. The van der Waals surface area contributed by atoms with Crippen LogP contribution in [-0.2, 0) is 0 Å². The van der Waals surface area contributed by atoms with E-state index in [2.05, 4.69) is 436 Å². The number of aliphatic hydroxyl groups excluding tert-OH is 5. The van der Waals surface area contributed by atoms with E-state index in [1.54, 1.807) is 39.5 Å². The summed E-state index contributed by atoms with van der Waals surface area (Å²) in [5.41, 5.74) is 0. The Morgan fingerprint density at radius 2 is 0.355 bits per heavy atom. The Hall–Kier alpha value is -16.2. The van der Waals surface area contributed by atoms with E-state index in [0.29, 0.717) is 39.3 Å². The summed E-state index contributed by atoms with van der Waals surface area (Å²) in [5, 5.41) is 54.7. The molecule has 0 aliphatic carbocycles. The first-order valence-corrected chi connectivity index (χ1v) is 31.3. The molecule has 10 heteroatoms. The van der Waals surface area contributed by atoms with Crippen LogP contribution in [0.2, 0.25) is 0 Å². The molecule has 1 heterocycles. The van der Waals surface area contributed by atoms with Gasteiger partial charge in [0.05, 0.1) is 6.10 Å². The van der Waals surface area contributed by atoms with Gasteiger partial charge in [-0.25, -0.2) is 0 Å². The minimum atomic E-state index is -1.23. The molecule has 10 nitrogen and oxygen atoms in total. The lowest BCUT2D eigenvalue weighted by atomic mass is 10.2. The lowest BCUT2D eigenvalue weighted by molar-refractivity contribution is 0.0690. The molecule has 0 spiro atoms. The van der Waals surface area contributed by atoms with E-state index in [4.69, 9.17) is 0 Å². The van der Waals surface area contributed by atoms with Crippen molar-refractivity contribution in [1.29, 1.82) is 0 Å².